The van der Waals surface area contributed by atoms with Crippen LogP contribution in [-0.4, -0.2) is 29.0 Å². The molecular weight excluding hydrogens is 240 g/mol. The van der Waals surface area contributed by atoms with Crippen LogP contribution in [0, 0.1) is 5.41 Å². The average molecular weight is 262 g/mol. The van der Waals surface area contributed by atoms with Crippen LogP contribution in [0.5, 0.6) is 0 Å². The van der Waals surface area contributed by atoms with E-state index in [1.807, 2.05) is 0 Å². The maximum atomic E-state index is 11.9. The van der Waals surface area contributed by atoms with Gasteiger partial charge >= 0.3 is 0 Å². The highest BCUT2D eigenvalue weighted by Crippen LogP contribution is 2.39. The van der Waals surface area contributed by atoms with Gasteiger partial charge in [0.15, 0.2) is 0 Å². The lowest BCUT2D eigenvalue weighted by Gasteiger charge is -2.38. The summed E-state index contributed by atoms with van der Waals surface area (Å²) in [5, 5.41) is 6.07. The first-order valence-electron chi connectivity index (χ1n) is 6.97. The third-order valence-electron chi connectivity index (χ3n) is 3.68. The second-order valence-corrected chi connectivity index (χ2v) is 5.56. The Bertz CT molecular complexity index is 426. The Morgan fingerprint density at radius 3 is 2.68 bits per heavy atom. The average Bonchev–Trinajstić information content (AvgIpc) is 2.41. The SMILES string of the molecule is CCCNc1cnc(C(=O)NCC2(C)CCC2)cn1. The number of anilines is 1. The second kappa shape index (κ2) is 5.99. The molecule has 104 valence electrons. The third-order valence-corrected chi connectivity index (χ3v) is 3.68. The van der Waals surface area contributed by atoms with Gasteiger partial charge in [-0.3, -0.25) is 4.79 Å². The van der Waals surface area contributed by atoms with E-state index < -0.39 is 0 Å². The molecule has 0 unspecified atom stereocenters. The molecular formula is C14H22N4O. The third kappa shape index (κ3) is 3.66. The minimum absolute atomic E-state index is 0.136. The van der Waals surface area contributed by atoms with Gasteiger partial charge in [-0.25, -0.2) is 9.97 Å². The predicted octanol–water partition coefficient (Wildman–Crippen LogP) is 2.22. The normalized spacial score (nSPS) is 16.5. The van der Waals surface area contributed by atoms with Crippen molar-refractivity contribution >= 4 is 11.7 Å². The summed E-state index contributed by atoms with van der Waals surface area (Å²) >= 11 is 0. The fourth-order valence-electron chi connectivity index (χ4n) is 2.13. The highest BCUT2D eigenvalue weighted by Gasteiger charge is 2.32. The van der Waals surface area contributed by atoms with Crippen molar-refractivity contribution in [2.24, 2.45) is 5.41 Å². The van der Waals surface area contributed by atoms with Gasteiger partial charge in [0, 0.05) is 13.1 Å². The smallest absolute Gasteiger partial charge is 0.271 e. The number of hydrogen-bond acceptors (Lipinski definition) is 4. The van der Waals surface area contributed by atoms with E-state index in [4.69, 9.17) is 0 Å². The van der Waals surface area contributed by atoms with Crippen LogP contribution in [0.2, 0.25) is 0 Å². The lowest BCUT2D eigenvalue weighted by Crippen LogP contribution is -2.40. The minimum Gasteiger partial charge on any atom is -0.369 e. The van der Waals surface area contributed by atoms with Crippen LogP contribution in [0.25, 0.3) is 0 Å². The molecule has 2 rings (SSSR count). The number of rotatable bonds is 6. The fourth-order valence-corrected chi connectivity index (χ4v) is 2.13. The summed E-state index contributed by atoms with van der Waals surface area (Å²) in [6.45, 7) is 5.88. The van der Waals surface area contributed by atoms with Gasteiger partial charge < -0.3 is 10.6 Å². The van der Waals surface area contributed by atoms with Crippen LogP contribution < -0.4 is 10.6 Å². The van der Waals surface area contributed by atoms with Crippen molar-refractivity contribution in [3.8, 4) is 0 Å². The molecule has 1 saturated carbocycles. The van der Waals surface area contributed by atoms with Crippen molar-refractivity contribution in [1.82, 2.24) is 15.3 Å². The summed E-state index contributed by atoms with van der Waals surface area (Å²) in [5.74, 6) is 0.576. The number of nitrogens with one attached hydrogen (secondary N) is 2. The van der Waals surface area contributed by atoms with E-state index in [0.29, 0.717) is 11.5 Å². The first-order chi connectivity index (χ1) is 9.13. The van der Waals surface area contributed by atoms with Crippen LogP contribution in [0.15, 0.2) is 12.4 Å². The summed E-state index contributed by atoms with van der Waals surface area (Å²) in [4.78, 5) is 20.2. The van der Waals surface area contributed by atoms with Gasteiger partial charge in [-0.2, -0.15) is 0 Å². The lowest BCUT2D eigenvalue weighted by molar-refractivity contribution is 0.0885. The van der Waals surface area contributed by atoms with Crippen LogP contribution in [-0.2, 0) is 0 Å². The van der Waals surface area contributed by atoms with Gasteiger partial charge in [0.05, 0.1) is 12.4 Å². The van der Waals surface area contributed by atoms with E-state index in [2.05, 4.69) is 34.4 Å². The molecule has 5 heteroatoms. The highest BCUT2D eigenvalue weighted by atomic mass is 16.1. The Balaban J connectivity index is 1.84. The summed E-state index contributed by atoms with van der Waals surface area (Å²) in [6, 6.07) is 0. The number of hydrogen-bond donors (Lipinski definition) is 2. The summed E-state index contributed by atoms with van der Waals surface area (Å²) < 4.78 is 0. The number of carbonyl (C=O) groups is 1. The van der Waals surface area contributed by atoms with E-state index in [1.165, 1.54) is 25.5 Å². The van der Waals surface area contributed by atoms with Crippen molar-refractivity contribution < 1.29 is 4.79 Å². The Hall–Kier alpha value is -1.65. The molecule has 1 aliphatic carbocycles. The number of amides is 1. The number of carbonyl (C=O) groups excluding carboxylic acids is 1. The lowest BCUT2D eigenvalue weighted by atomic mass is 9.70. The predicted molar refractivity (Wildman–Crippen MR) is 75.1 cm³/mol. The molecule has 1 aromatic rings. The molecule has 1 aliphatic rings. The Kier molecular flexibility index (Phi) is 4.35. The van der Waals surface area contributed by atoms with E-state index in [-0.39, 0.29) is 11.3 Å². The van der Waals surface area contributed by atoms with Crippen LogP contribution in [0.4, 0.5) is 5.82 Å². The fraction of sp³-hybridized carbons (Fsp3) is 0.643. The van der Waals surface area contributed by atoms with Crippen LogP contribution >= 0.6 is 0 Å². The quantitative estimate of drug-likeness (QED) is 0.825. The van der Waals surface area contributed by atoms with Gasteiger partial charge in [0.1, 0.15) is 11.5 Å². The molecule has 1 amide bonds. The summed E-state index contributed by atoms with van der Waals surface area (Å²) in [7, 11) is 0. The van der Waals surface area contributed by atoms with Gasteiger partial charge in [0.25, 0.3) is 5.91 Å². The largest absolute Gasteiger partial charge is 0.369 e. The standard InChI is InChI=1S/C14H22N4O/c1-3-7-15-12-9-16-11(8-17-12)13(19)18-10-14(2)5-4-6-14/h8-9H,3-7,10H2,1-2H3,(H,15,17)(H,18,19). The topological polar surface area (TPSA) is 66.9 Å². The molecule has 0 aliphatic heterocycles. The molecule has 0 atom stereocenters. The molecule has 2 N–H and O–H groups in total. The maximum Gasteiger partial charge on any atom is 0.271 e. The Morgan fingerprint density at radius 1 is 1.37 bits per heavy atom. The molecule has 1 fully saturated rings. The van der Waals surface area contributed by atoms with Crippen LogP contribution in [0.1, 0.15) is 50.0 Å². The first kappa shape index (κ1) is 13.8. The Labute approximate surface area is 114 Å². The molecule has 1 heterocycles. The van der Waals surface area contributed by atoms with Gasteiger partial charge in [-0.05, 0) is 24.7 Å². The van der Waals surface area contributed by atoms with E-state index in [9.17, 15) is 4.79 Å². The van der Waals surface area contributed by atoms with Gasteiger partial charge in [-0.1, -0.05) is 20.3 Å². The van der Waals surface area contributed by atoms with Crippen molar-refractivity contribution in [1.29, 1.82) is 0 Å². The second-order valence-electron chi connectivity index (χ2n) is 5.56. The molecule has 0 aromatic carbocycles. The summed E-state index contributed by atoms with van der Waals surface area (Å²) in [6.07, 6.45) is 7.82. The zero-order chi connectivity index (χ0) is 13.7. The summed E-state index contributed by atoms with van der Waals surface area (Å²) in [5.41, 5.74) is 0.663. The zero-order valence-electron chi connectivity index (χ0n) is 11.7. The molecule has 0 radical (unpaired) electrons. The molecule has 5 nitrogen and oxygen atoms in total. The zero-order valence-corrected chi connectivity index (χ0v) is 11.7. The van der Waals surface area contributed by atoms with E-state index in [1.54, 1.807) is 6.20 Å². The van der Waals surface area contributed by atoms with Crippen LogP contribution in [0.3, 0.4) is 0 Å². The van der Waals surface area contributed by atoms with Crippen molar-refractivity contribution in [3.63, 3.8) is 0 Å². The Morgan fingerprint density at radius 2 is 2.16 bits per heavy atom. The monoisotopic (exact) mass is 262 g/mol. The molecule has 19 heavy (non-hydrogen) atoms. The number of aromatic nitrogens is 2. The number of nitrogens with zero attached hydrogens (tertiary/aromatic N) is 2. The molecule has 0 bridgehead atoms. The molecule has 0 saturated heterocycles. The first-order valence-corrected chi connectivity index (χ1v) is 6.97. The van der Waals surface area contributed by atoms with Crippen molar-refractivity contribution in [2.75, 3.05) is 18.4 Å². The van der Waals surface area contributed by atoms with Crippen molar-refractivity contribution in [3.05, 3.63) is 18.1 Å². The molecule has 0 spiro atoms. The maximum absolute atomic E-state index is 11.9. The van der Waals surface area contributed by atoms with Crippen molar-refractivity contribution in [2.45, 2.75) is 39.5 Å². The van der Waals surface area contributed by atoms with Gasteiger partial charge in [-0.15, -0.1) is 0 Å². The molecule has 1 aromatic heterocycles. The van der Waals surface area contributed by atoms with E-state index >= 15 is 0 Å². The minimum atomic E-state index is -0.136. The van der Waals surface area contributed by atoms with E-state index in [0.717, 1.165) is 19.5 Å². The van der Waals surface area contributed by atoms with Gasteiger partial charge in [0.2, 0.25) is 0 Å². The highest BCUT2D eigenvalue weighted by molar-refractivity contribution is 5.92.